The molecule has 3 heterocycles. The number of ether oxygens (including phenoxy) is 2. The van der Waals surface area contributed by atoms with Gasteiger partial charge in [-0.25, -0.2) is 9.97 Å². The lowest BCUT2D eigenvalue weighted by Crippen LogP contribution is -2.14. The molecule has 1 aliphatic heterocycles. The molecule has 0 unspecified atom stereocenters. The molecule has 1 amide bonds. The highest BCUT2D eigenvalue weighted by atomic mass is 32.2. The fourth-order valence-corrected chi connectivity index (χ4v) is 4.84. The Labute approximate surface area is 165 Å². The average molecular weight is 402 g/mol. The molecule has 0 bridgehead atoms. The number of carbonyl (C=O) groups excluding carboxylic acids is 1. The third-order valence-corrected chi connectivity index (χ3v) is 6.43. The van der Waals surface area contributed by atoms with Crippen LogP contribution in [0.1, 0.15) is 23.2 Å². The number of hydrogen-bond acceptors (Lipinski definition) is 7. The van der Waals surface area contributed by atoms with Gasteiger partial charge >= 0.3 is 0 Å². The maximum Gasteiger partial charge on any atom is 0.234 e. The number of thiophene rings is 1. The standard InChI is InChI=1S/C19H19N3O3S2/c1-4-15-21-18(17-10(2)11(3)27-19(17)22-15)26-8-16(23)20-12-5-6-13-14(7-12)25-9-24-13/h5-7H,4,8-9H2,1-3H3,(H,20,23). The summed E-state index contributed by atoms with van der Waals surface area (Å²) in [7, 11) is 0. The zero-order chi connectivity index (χ0) is 19.0. The largest absolute Gasteiger partial charge is 0.454 e. The summed E-state index contributed by atoms with van der Waals surface area (Å²) in [5.74, 6) is 2.34. The summed E-state index contributed by atoms with van der Waals surface area (Å²) in [5, 5.41) is 4.84. The van der Waals surface area contributed by atoms with Crippen molar-refractivity contribution in [3.05, 3.63) is 34.5 Å². The van der Waals surface area contributed by atoms with Crippen molar-refractivity contribution in [3.8, 4) is 11.5 Å². The van der Waals surface area contributed by atoms with Crippen LogP contribution >= 0.6 is 23.1 Å². The van der Waals surface area contributed by atoms with E-state index in [9.17, 15) is 4.79 Å². The third-order valence-electron chi connectivity index (χ3n) is 4.35. The van der Waals surface area contributed by atoms with Gasteiger partial charge in [-0.3, -0.25) is 4.79 Å². The molecule has 6 nitrogen and oxygen atoms in total. The number of carbonyl (C=O) groups is 1. The van der Waals surface area contributed by atoms with E-state index < -0.39 is 0 Å². The number of thioether (sulfide) groups is 1. The highest BCUT2D eigenvalue weighted by Gasteiger charge is 2.17. The van der Waals surface area contributed by atoms with Gasteiger partial charge in [0.25, 0.3) is 0 Å². The fourth-order valence-electron chi connectivity index (χ4n) is 2.82. The van der Waals surface area contributed by atoms with Crippen molar-refractivity contribution in [2.24, 2.45) is 0 Å². The van der Waals surface area contributed by atoms with Gasteiger partial charge in [0, 0.05) is 28.4 Å². The Morgan fingerprint density at radius 2 is 2.07 bits per heavy atom. The Hall–Kier alpha value is -2.32. The molecular formula is C19H19N3O3S2. The lowest BCUT2D eigenvalue weighted by molar-refractivity contribution is -0.113. The second-order valence-electron chi connectivity index (χ2n) is 6.17. The number of anilines is 1. The molecule has 0 radical (unpaired) electrons. The predicted octanol–water partition coefficient (Wildman–Crippen LogP) is 4.33. The monoisotopic (exact) mass is 401 g/mol. The van der Waals surface area contributed by atoms with Crippen LogP contribution in [0.25, 0.3) is 10.2 Å². The molecule has 3 aromatic rings. The maximum absolute atomic E-state index is 12.4. The van der Waals surface area contributed by atoms with E-state index in [0.29, 0.717) is 17.2 Å². The molecule has 27 heavy (non-hydrogen) atoms. The van der Waals surface area contributed by atoms with Gasteiger partial charge in [-0.05, 0) is 31.5 Å². The van der Waals surface area contributed by atoms with E-state index in [-0.39, 0.29) is 18.5 Å². The molecule has 1 aliphatic rings. The Kier molecular flexibility index (Phi) is 4.92. The van der Waals surface area contributed by atoms with Gasteiger partial charge in [0.05, 0.1) is 5.75 Å². The number of benzene rings is 1. The lowest BCUT2D eigenvalue weighted by atomic mass is 10.2. The van der Waals surface area contributed by atoms with E-state index in [1.807, 2.05) is 6.92 Å². The molecule has 0 spiro atoms. The van der Waals surface area contributed by atoms with Crippen LogP contribution in [-0.2, 0) is 11.2 Å². The highest BCUT2D eigenvalue weighted by Crippen LogP contribution is 2.36. The molecule has 0 aliphatic carbocycles. The highest BCUT2D eigenvalue weighted by molar-refractivity contribution is 8.00. The number of hydrogen-bond donors (Lipinski definition) is 1. The number of nitrogens with one attached hydrogen (secondary N) is 1. The number of nitrogens with zero attached hydrogens (tertiary/aromatic N) is 2. The first-order valence-electron chi connectivity index (χ1n) is 8.64. The van der Waals surface area contributed by atoms with Gasteiger partial charge in [-0.15, -0.1) is 11.3 Å². The van der Waals surface area contributed by atoms with Crippen molar-refractivity contribution in [1.29, 1.82) is 0 Å². The zero-order valence-corrected chi connectivity index (χ0v) is 16.9. The van der Waals surface area contributed by atoms with Crippen molar-refractivity contribution in [2.75, 3.05) is 17.9 Å². The maximum atomic E-state index is 12.4. The van der Waals surface area contributed by atoms with E-state index in [2.05, 4.69) is 29.1 Å². The summed E-state index contributed by atoms with van der Waals surface area (Å²) < 4.78 is 10.6. The van der Waals surface area contributed by atoms with Gasteiger partial charge < -0.3 is 14.8 Å². The van der Waals surface area contributed by atoms with Crippen molar-refractivity contribution >= 4 is 44.9 Å². The number of amides is 1. The van der Waals surface area contributed by atoms with Crippen molar-refractivity contribution in [3.63, 3.8) is 0 Å². The minimum Gasteiger partial charge on any atom is -0.454 e. The number of rotatable bonds is 5. The van der Waals surface area contributed by atoms with Gasteiger partial charge in [-0.1, -0.05) is 18.7 Å². The van der Waals surface area contributed by atoms with Crippen LogP contribution < -0.4 is 14.8 Å². The Balaban J connectivity index is 1.50. The lowest BCUT2D eigenvalue weighted by Gasteiger charge is -2.08. The SMILES string of the molecule is CCc1nc(SCC(=O)Nc2ccc3c(c2)OCO3)c2c(C)c(C)sc2n1. The zero-order valence-electron chi connectivity index (χ0n) is 15.3. The van der Waals surface area contributed by atoms with Crippen LogP contribution in [0.3, 0.4) is 0 Å². The van der Waals surface area contributed by atoms with Crippen LogP contribution in [-0.4, -0.2) is 28.4 Å². The van der Waals surface area contributed by atoms with Crippen LogP contribution in [0, 0.1) is 13.8 Å². The summed E-state index contributed by atoms with van der Waals surface area (Å²) in [5.41, 5.74) is 1.88. The average Bonchev–Trinajstić information content (AvgIpc) is 3.23. The molecule has 1 N–H and O–H groups in total. The molecule has 0 fully saturated rings. The Bertz CT molecular complexity index is 1030. The summed E-state index contributed by atoms with van der Waals surface area (Å²) in [6.07, 6.45) is 0.767. The molecule has 140 valence electrons. The second-order valence-corrected chi connectivity index (χ2v) is 8.33. The Morgan fingerprint density at radius 3 is 2.89 bits per heavy atom. The van der Waals surface area contributed by atoms with Crippen LogP contribution in [0.2, 0.25) is 0 Å². The van der Waals surface area contributed by atoms with E-state index in [0.717, 1.165) is 27.5 Å². The van der Waals surface area contributed by atoms with Gasteiger partial charge in [-0.2, -0.15) is 0 Å². The molecule has 0 saturated heterocycles. The number of aromatic nitrogens is 2. The second kappa shape index (κ2) is 7.36. The van der Waals surface area contributed by atoms with E-state index >= 15 is 0 Å². The third kappa shape index (κ3) is 3.59. The summed E-state index contributed by atoms with van der Waals surface area (Å²) in [4.78, 5) is 23.9. The smallest absolute Gasteiger partial charge is 0.234 e. The molecule has 8 heteroatoms. The summed E-state index contributed by atoms with van der Waals surface area (Å²) in [6.45, 7) is 6.43. The molecular weight excluding hydrogens is 382 g/mol. The van der Waals surface area contributed by atoms with Crippen LogP contribution in [0.4, 0.5) is 5.69 Å². The summed E-state index contributed by atoms with van der Waals surface area (Å²) >= 11 is 3.13. The number of aryl methyl sites for hydroxylation is 3. The van der Waals surface area contributed by atoms with Crippen LogP contribution in [0.5, 0.6) is 11.5 Å². The topological polar surface area (TPSA) is 73.3 Å². The normalized spacial score (nSPS) is 12.6. The van der Waals surface area contributed by atoms with Gasteiger partial charge in [0.15, 0.2) is 11.5 Å². The number of fused-ring (bicyclic) bond motifs is 2. The first kappa shape index (κ1) is 18.1. The Morgan fingerprint density at radius 1 is 1.26 bits per heavy atom. The fraction of sp³-hybridized carbons (Fsp3) is 0.316. The van der Waals surface area contributed by atoms with E-state index in [1.165, 1.54) is 22.2 Å². The minimum absolute atomic E-state index is 0.0896. The van der Waals surface area contributed by atoms with E-state index in [4.69, 9.17) is 9.47 Å². The van der Waals surface area contributed by atoms with Crippen molar-refractivity contribution in [2.45, 2.75) is 32.2 Å². The van der Waals surface area contributed by atoms with Crippen LogP contribution in [0.15, 0.2) is 23.2 Å². The quantitative estimate of drug-likeness (QED) is 0.507. The minimum atomic E-state index is -0.0896. The molecule has 2 aromatic heterocycles. The predicted molar refractivity (Wildman–Crippen MR) is 108 cm³/mol. The molecule has 0 atom stereocenters. The molecule has 4 rings (SSSR count). The first-order chi connectivity index (χ1) is 13.0. The van der Waals surface area contributed by atoms with Crippen molar-refractivity contribution in [1.82, 2.24) is 9.97 Å². The van der Waals surface area contributed by atoms with Gasteiger partial charge in [0.2, 0.25) is 12.7 Å². The van der Waals surface area contributed by atoms with E-state index in [1.54, 1.807) is 29.5 Å². The van der Waals surface area contributed by atoms with Crippen molar-refractivity contribution < 1.29 is 14.3 Å². The summed E-state index contributed by atoms with van der Waals surface area (Å²) in [6, 6.07) is 5.37. The van der Waals surface area contributed by atoms with Gasteiger partial charge in [0.1, 0.15) is 15.7 Å². The molecule has 1 aromatic carbocycles. The molecule has 0 saturated carbocycles. The first-order valence-corrected chi connectivity index (χ1v) is 10.4.